The van der Waals surface area contributed by atoms with Crippen LogP contribution in [0.3, 0.4) is 0 Å². The largest absolute Gasteiger partial charge is 0.422 e. The lowest BCUT2D eigenvalue weighted by Gasteiger charge is -2.33. The maximum absolute atomic E-state index is 14.0. The Morgan fingerprint density at radius 1 is 1.12 bits per heavy atom. The highest BCUT2D eigenvalue weighted by Crippen LogP contribution is 2.25. The molecule has 1 amide bonds. The number of benzene rings is 2. The van der Waals surface area contributed by atoms with Gasteiger partial charge >= 0.3 is 5.63 Å². The van der Waals surface area contributed by atoms with Crippen LogP contribution in [0.5, 0.6) is 0 Å². The summed E-state index contributed by atoms with van der Waals surface area (Å²) in [7, 11) is 0. The highest BCUT2D eigenvalue weighted by molar-refractivity contribution is 5.96. The van der Waals surface area contributed by atoms with Gasteiger partial charge in [0.05, 0.1) is 13.2 Å². The van der Waals surface area contributed by atoms with E-state index in [9.17, 15) is 14.0 Å². The van der Waals surface area contributed by atoms with Gasteiger partial charge in [-0.05, 0) is 18.2 Å². The molecule has 0 bridgehead atoms. The highest BCUT2D eigenvalue weighted by Gasteiger charge is 2.29. The summed E-state index contributed by atoms with van der Waals surface area (Å²) in [6.45, 7) is 0.770. The monoisotopic (exact) mass is 353 g/mol. The number of carbonyl (C=O) groups excluding carboxylic acids is 1. The quantitative estimate of drug-likeness (QED) is 0.664. The maximum atomic E-state index is 14.0. The average Bonchev–Trinajstić information content (AvgIpc) is 2.67. The van der Waals surface area contributed by atoms with Gasteiger partial charge in [0.2, 0.25) is 0 Å². The summed E-state index contributed by atoms with van der Waals surface area (Å²) in [6, 6.07) is 14.9. The van der Waals surface area contributed by atoms with Crippen molar-refractivity contribution >= 4 is 16.9 Å². The van der Waals surface area contributed by atoms with Gasteiger partial charge in [-0.1, -0.05) is 36.4 Å². The fourth-order valence-corrected chi connectivity index (χ4v) is 3.14. The Kier molecular flexibility index (Phi) is 4.26. The number of halogens is 1. The third-order valence-corrected chi connectivity index (χ3v) is 4.48. The molecule has 1 unspecified atom stereocenters. The lowest BCUT2D eigenvalue weighted by Crippen LogP contribution is -2.43. The van der Waals surface area contributed by atoms with Crippen LogP contribution < -0.4 is 5.63 Å². The molecule has 1 fully saturated rings. The zero-order valence-electron chi connectivity index (χ0n) is 13.9. The number of amides is 1. The van der Waals surface area contributed by atoms with E-state index in [-0.39, 0.29) is 24.5 Å². The average molecular weight is 353 g/mol. The summed E-state index contributed by atoms with van der Waals surface area (Å²) in [5, 5.41) is 0.675. The van der Waals surface area contributed by atoms with Crippen molar-refractivity contribution in [2.24, 2.45) is 0 Å². The molecule has 6 heteroatoms. The molecule has 1 aliphatic rings. The minimum absolute atomic E-state index is 0.0297. The van der Waals surface area contributed by atoms with Gasteiger partial charge in [-0.15, -0.1) is 0 Å². The standard InChI is InChI=1S/C20H16FNO4/c21-16-7-3-2-6-14(16)18-12-22(9-10-25-18)19(23)15-11-13-5-1-4-8-17(13)26-20(15)24/h1-8,11,18H,9-10,12H2. The maximum Gasteiger partial charge on any atom is 0.349 e. The van der Waals surface area contributed by atoms with E-state index in [0.717, 1.165) is 0 Å². The van der Waals surface area contributed by atoms with E-state index >= 15 is 0 Å². The molecule has 26 heavy (non-hydrogen) atoms. The molecule has 1 aliphatic heterocycles. The topological polar surface area (TPSA) is 59.8 Å². The minimum atomic E-state index is -0.678. The Morgan fingerprint density at radius 3 is 2.73 bits per heavy atom. The van der Waals surface area contributed by atoms with Crippen LogP contribution in [0.2, 0.25) is 0 Å². The van der Waals surface area contributed by atoms with Crippen molar-refractivity contribution in [2.75, 3.05) is 19.7 Å². The molecule has 1 aromatic heterocycles. The molecule has 2 aromatic carbocycles. The van der Waals surface area contributed by atoms with E-state index in [1.807, 2.05) is 0 Å². The van der Waals surface area contributed by atoms with Crippen LogP contribution in [0.1, 0.15) is 22.0 Å². The first kappa shape index (κ1) is 16.5. The van der Waals surface area contributed by atoms with E-state index in [4.69, 9.17) is 9.15 Å². The predicted molar refractivity (Wildman–Crippen MR) is 93.5 cm³/mol. The molecule has 2 heterocycles. The summed E-state index contributed by atoms with van der Waals surface area (Å²) < 4.78 is 24.9. The minimum Gasteiger partial charge on any atom is -0.422 e. The normalized spacial score (nSPS) is 17.4. The summed E-state index contributed by atoms with van der Waals surface area (Å²) in [5.41, 5.74) is 0.122. The van der Waals surface area contributed by atoms with Crippen LogP contribution in [0.4, 0.5) is 4.39 Å². The summed E-state index contributed by atoms with van der Waals surface area (Å²) >= 11 is 0. The lowest BCUT2D eigenvalue weighted by molar-refractivity contribution is -0.0244. The van der Waals surface area contributed by atoms with Crippen molar-refractivity contribution in [1.29, 1.82) is 0 Å². The molecule has 0 radical (unpaired) electrons. The van der Waals surface area contributed by atoms with E-state index in [2.05, 4.69) is 0 Å². The zero-order chi connectivity index (χ0) is 18.1. The van der Waals surface area contributed by atoms with E-state index in [1.165, 1.54) is 17.0 Å². The Morgan fingerprint density at radius 2 is 1.88 bits per heavy atom. The molecule has 3 aromatic rings. The lowest BCUT2D eigenvalue weighted by atomic mass is 10.1. The van der Waals surface area contributed by atoms with Crippen LogP contribution in [-0.4, -0.2) is 30.5 Å². The molecule has 0 saturated carbocycles. The van der Waals surface area contributed by atoms with Gasteiger partial charge < -0.3 is 14.1 Å². The molecule has 132 valence electrons. The number of hydrogen-bond donors (Lipinski definition) is 0. The van der Waals surface area contributed by atoms with Crippen molar-refractivity contribution < 1.29 is 18.3 Å². The van der Waals surface area contributed by atoms with E-state index in [1.54, 1.807) is 42.5 Å². The van der Waals surface area contributed by atoms with E-state index in [0.29, 0.717) is 23.1 Å². The molecule has 5 nitrogen and oxygen atoms in total. The second-order valence-electron chi connectivity index (χ2n) is 6.12. The molecule has 0 aliphatic carbocycles. The smallest absolute Gasteiger partial charge is 0.349 e. The first-order valence-corrected chi connectivity index (χ1v) is 8.31. The van der Waals surface area contributed by atoms with Gasteiger partial charge in [0.1, 0.15) is 23.1 Å². The molecule has 1 atom stereocenters. The Hall–Kier alpha value is -2.99. The highest BCUT2D eigenvalue weighted by atomic mass is 19.1. The van der Waals surface area contributed by atoms with Crippen LogP contribution >= 0.6 is 0 Å². The number of morpholine rings is 1. The number of rotatable bonds is 2. The van der Waals surface area contributed by atoms with Crippen molar-refractivity contribution in [3.63, 3.8) is 0 Å². The van der Waals surface area contributed by atoms with Crippen molar-refractivity contribution in [1.82, 2.24) is 4.90 Å². The zero-order valence-corrected chi connectivity index (χ0v) is 13.9. The van der Waals surface area contributed by atoms with Gasteiger partial charge in [-0.3, -0.25) is 4.79 Å². The SMILES string of the molecule is O=C(c1cc2ccccc2oc1=O)N1CCOC(c2ccccc2F)C1. The number of carbonyl (C=O) groups is 1. The van der Waals surface area contributed by atoms with Crippen LogP contribution in [0, 0.1) is 5.82 Å². The van der Waals surface area contributed by atoms with Crippen molar-refractivity contribution in [3.8, 4) is 0 Å². The van der Waals surface area contributed by atoms with Crippen LogP contribution in [0.25, 0.3) is 11.0 Å². The summed E-state index contributed by atoms with van der Waals surface area (Å²) in [4.78, 5) is 26.6. The molecule has 1 saturated heterocycles. The molecule has 4 rings (SSSR count). The Bertz CT molecular complexity index is 1030. The summed E-state index contributed by atoms with van der Waals surface area (Å²) in [5.74, 6) is -0.814. The third kappa shape index (κ3) is 2.99. The molecular formula is C20H16FNO4. The Labute approximate surface area is 148 Å². The summed E-state index contributed by atoms with van der Waals surface area (Å²) in [6.07, 6.45) is -0.568. The Balaban J connectivity index is 1.63. The van der Waals surface area contributed by atoms with Gasteiger partial charge in [-0.25, -0.2) is 9.18 Å². The number of ether oxygens (including phenoxy) is 1. The number of nitrogens with zero attached hydrogens (tertiary/aromatic N) is 1. The molecule has 0 N–H and O–H groups in total. The van der Waals surface area contributed by atoms with Gasteiger partial charge in [-0.2, -0.15) is 0 Å². The second-order valence-corrected chi connectivity index (χ2v) is 6.12. The van der Waals surface area contributed by atoms with Crippen molar-refractivity contribution in [3.05, 3.63) is 82.0 Å². The first-order valence-electron chi connectivity index (χ1n) is 8.31. The predicted octanol–water partition coefficient (Wildman–Crippen LogP) is 3.15. The van der Waals surface area contributed by atoms with Gasteiger partial charge in [0.15, 0.2) is 0 Å². The fraction of sp³-hybridized carbons (Fsp3) is 0.200. The van der Waals surface area contributed by atoms with Gasteiger partial charge in [0.25, 0.3) is 5.91 Å². The number of fused-ring (bicyclic) bond motifs is 1. The number of hydrogen-bond acceptors (Lipinski definition) is 4. The van der Waals surface area contributed by atoms with Crippen molar-refractivity contribution in [2.45, 2.75) is 6.10 Å². The third-order valence-electron chi connectivity index (χ3n) is 4.48. The van der Waals surface area contributed by atoms with Crippen LogP contribution in [-0.2, 0) is 4.74 Å². The van der Waals surface area contributed by atoms with E-state index < -0.39 is 17.6 Å². The fourth-order valence-electron chi connectivity index (χ4n) is 3.14. The van der Waals surface area contributed by atoms with Crippen LogP contribution in [0.15, 0.2) is 63.8 Å². The first-order chi connectivity index (χ1) is 12.6. The molecular weight excluding hydrogens is 337 g/mol. The molecule has 0 spiro atoms. The second kappa shape index (κ2) is 6.72. The number of para-hydroxylation sites is 1. The van der Waals surface area contributed by atoms with Gasteiger partial charge in [0, 0.05) is 17.5 Å².